The minimum atomic E-state index is -0.576. The third-order valence-corrected chi connectivity index (χ3v) is 2.96. The van der Waals surface area contributed by atoms with Crippen molar-refractivity contribution in [3.05, 3.63) is 44.1 Å². The van der Waals surface area contributed by atoms with Crippen molar-refractivity contribution in [1.29, 1.82) is 0 Å². The Morgan fingerprint density at radius 2 is 2.20 bits per heavy atom. The van der Waals surface area contributed by atoms with Gasteiger partial charge in [-0.2, -0.15) is 5.10 Å². The third-order valence-electron chi connectivity index (χ3n) is 2.44. The summed E-state index contributed by atoms with van der Waals surface area (Å²) in [5.41, 5.74) is 0.131. The number of anilines is 1. The molecule has 1 aromatic heterocycles. The minimum absolute atomic E-state index is 0.171. The van der Waals surface area contributed by atoms with Gasteiger partial charge in [0.2, 0.25) is 0 Å². The maximum absolute atomic E-state index is 11.7. The van der Waals surface area contributed by atoms with Crippen molar-refractivity contribution in [2.24, 2.45) is 0 Å². The zero-order chi connectivity index (χ0) is 14.7. The molecule has 2 aromatic rings. The van der Waals surface area contributed by atoms with Crippen molar-refractivity contribution in [2.45, 2.75) is 6.54 Å². The quantitative estimate of drug-likeness (QED) is 0.747. The minimum Gasteiger partial charge on any atom is -0.465 e. The average Bonchev–Trinajstić information content (AvgIpc) is 2.81. The van der Waals surface area contributed by atoms with Gasteiger partial charge < -0.3 is 10.1 Å². The maximum Gasteiger partial charge on any atom is 0.340 e. The molecule has 0 saturated carbocycles. The Balaban J connectivity index is 2.30. The smallest absolute Gasteiger partial charge is 0.340 e. The number of hydrogen-bond donors (Lipinski definition) is 3. The molecule has 1 aromatic carbocycles. The number of hydrogen-bond acceptors (Lipinski definition) is 5. The summed E-state index contributed by atoms with van der Waals surface area (Å²) in [4.78, 5) is 25.1. The number of nitrogens with one attached hydrogen (secondary N) is 3. The maximum atomic E-state index is 11.7. The van der Waals surface area contributed by atoms with Crippen LogP contribution in [0.4, 0.5) is 5.69 Å². The van der Waals surface area contributed by atoms with Gasteiger partial charge in [-0.05, 0) is 12.1 Å². The molecule has 0 spiro atoms. The first kappa shape index (κ1) is 14.4. The molecule has 7 nitrogen and oxygen atoms in total. The molecule has 0 bridgehead atoms. The Labute approximate surface area is 123 Å². The van der Waals surface area contributed by atoms with E-state index in [2.05, 4.69) is 25.2 Å². The fraction of sp³-hybridized carbons (Fsp3) is 0.182. The van der Waals surface area contributed by atoms with E-state index < -0.39 is 11.7 Å². The molecule has 0 fully saturated rings. The summed E-state index contributed by atoms with van der Waals surface area (Å²) in [5, 5.41) is 9.45. The number of aromatic nitrogens is 3. The van der Waals surface area contributed by atoms with Crippen LogP contribution in [0.1, 0.15) is 16.2 Å². The highest BCUT2D eigenvalue weighted by Crippen LogP contribution is 2.30. The van der Waals surface area contributed by atoms with Crippen molar-refractivity contribution in [3.8, 4) is 0 Å². The molecule has 106 valence electrons. The number of esters is 1. The van der Waals surface area contributed by atoms with E-state index in [1.165, 1.54) is 19.2 Å². The van der Waals surface area contributed by atoms with Crippen molar-refractivity contribution in [2.75, 3.05) is 12.4 Å². The lowest BCUT2D eigenvalue weighted by molar-refractivity contribution is 0.0602. The van der Waals surface area contributed by atoms with Crippen LogP contribution in [0.15, 0.2) is 16.9 Å². The van der Waals surface area contributed by atoms with Crippen molar-refractivity contribution >= 4 is 34.9 Å². The Morgan fingerprint density at radius 1 is 1.45 bits per heavy atom. The predicted molar refractivity (Wildman–Crippen MR) is 74.3 cm³/mol. The monoisotopic (exact) mass is 316 g/mol. The lowest BCUT2D eigenvalue weighted by Crippen LogP contribution is -2.10. The van der Waals surface area contributed by atoms with Gasteiger partial charge >= 0.3 is 11.7 Å². The van der Waals surface area contributed by atoms with Crippen LogP contribution in [-0.4, -0.2) is 28.3 Å². The van der Waals surface area contributed by atoms with E-state index in [9.17, 15) is 9.59 Å². The van der Waals surface area contributed by atoms with E-state index in [1.807, 2.05) is 0 Å². The van der Waals surface area contributed by atoms with Crippen LogP contribution < -0.4 is 11.0 Å². The molecule has 3 N–H and O–H groups in total. The summed E-state index contributed by atoms with van der Waals surface area (Å²) in [6.45, 7) is 0.171. The molecule has 2 rings (SSSR count). The first-order valence-corrected chi connectivity index (χ1v) is 6.21. The van der Waals surface area contributed by atoms with E-state index in [0.29, 0.717) is 16.5 Å². The lowest BCUT2D eigenvalue weighted by Gasteiger charge is -2.12. The predicted octanol–water partition coefficient (Wildman–Crippen LogP) is 1.80. The van der Waals surface area contributed by atoms with Crippen LogP contribution in [0.2, 0.25) is 10.0 Å². The summed E-state index contributed by atoms with van der Waals surface area (Å²) < 4.78 is 4.67. The highest BCUT2D eigenvalue weighted by molar-refractivity contribution is 6.37. The van der Waals surface area contributed by atoms with E-state index >= 15 is 0 Å². The van der Waals surface area contributed by atoms with Gasteiger partial charge in [-0.25, -0.2) is 14.7 Å². The van der Waals surface area contributed by atoms with E-state index in [0.717, 1.165) is 0 Å². The molecule has 0 amide bonds. The summed E-state index contributed by atoms with van der Waals surface area (Å²) in [6, 6.07) is 2.93. The molecular weight excluding hydrogens is 307 g/mol. The molecular formula is C11H10Cl2N4O3. The molecule has 1 heterocycles. The number of carbonyl (C=O) groups excluding carboxylic acids is 1. The van der Waals surface area contributed by atoms with Gasteiger partial charge in [0, 0.05) is 5.02 Å². The Hall–Kier alpha value is -1.99. The summed E-state index contributed by atoms with van der Waals surface area (Å²) in [6.07, 6.45) is 0. The zero-order valence-corrected chi connectivity index (χ0v) is 11.8. The number of carbonyl (C=O) groups is 1. The number of aromatic amines is 2. The van der Waals surface area contributed by atoms with Crippen LogP contribution in [0.3, 0.4) is 0 Å². The molecule has 0 aliphatic carbocycles. The Morgan fingerprint density at radius 3 is 2.80 bits per heavy atom. The van der Waals surface area contributed by atoms with Crippen LogP contribution >= 0.6 is 23.2 Å². The van der Waals surface area contributed by atoms with Gasteiger partial charge in [0.05, 0.1) is 29.9 Å². The normalized spacial score (nSPS) is 10.3. The van der Waals surface area contributed by atoms with Gasteiger partial charge in [-0.3, -0.25) is 4.98 Å². The number of halogens is 2. The summed E-state index contributed by atoms with van der Waals surface area (Å²) in [5.74, 6) is -0.204. The van der Waals surface area contributed by atoms with Gasteiger partial charge in [0.1, 0.15) is 5.82 Å². The van der Waals surface area contributed by atoms with Gasteiger partial charge in [0.25, 0.3) is 0 Å². The fourth-order valence-corrected chi connectivity index (χ4v) is 2.15. The highest BCUT2D eigenvalue weighted by Gasteiger charge is 2.16. The number of methoxy groups -OCH3 is 1. The Kier molecular flexibility index (Phi) is 4.31. The van der Waals surface area contributed by atoms with E-state index in [-0.39, 0.29) is 17.1 Å². The van der Waals surface area contributed by atoms with Crippen LogP contribution in [0.25, 0.3) is 0 Å². The molecule has 0 atom stereocenters. The van der Waals surface area contributed by atoms with E-state index in [4.69, 9.17) is 23.2 Å². The van der Waals surface area contributed by atoms with Crippen molar-refractivity contribution < 1.29 is 9.53 Å². The van der Waals surface area contributed by atoms with Crippen LogP contribution in [0.5, 0.6) is 0 Å². The Bertz CT molecular complexity index is 695. The summed E-state index contributed by atoms with van der Waals surface area (Å²) >= 11 is 11.9. The third kappa shape index (κ3) is 3.12. The zero-order valence-electron chi connectivity index (χ0n) is 10.3. The largest absolute Gasteiger partial charge is 0.465 e. The van der Waals surface area contributed by atoms with Gasteiger partial charge in [0.15, 0.2) is 0 Å². The molecule has 9 heteroatoms. The van der Waals surface area contributed by atoms with Crippen LogP contribution in [-0.2, 0) is 11.3 Å². The second-order valence-electron chi connectivity index (χ2n) is 3.78. The second-order valence-corrected chi connectivity index (χ2v) is 4.62. The topological polar surface area (TPSA) is 99.9 Å². The number of benzene rings is 1. The number of nitrogens with zero attached hydrogens (tertiary/aromatic N) is 1. The van der Waals surface area contributed by atoms with Gasteiger partial charge in [-0.15, -0.1) is 0 Å². The summed E-state index contributed by atoms with van der Waals surface area (Å²) in [7, 11) is 1.26. The van der Waals surface area contributed by atoms with Crippen molar-refractivity contribution in [3.63, 3.8) is 0 Å². The average molecular weight is 317 g/mol. The van der Waals surface area contributed by atoms with Gasteiger partial charge in [-0.1, -0.05) is 23.2 Å². The number of rotatable bonds is 4. The second kappa shape index (κ2) is 5.98. The lowest BCUT2D eigenvalue weighted by atomic mass is 10.1. The number of ether oxygens (including phenoxy) is 1. The van der Waals surface area contributed by atoms with Crippen LogP contribution in [0, 0.1) is 0 Å². The first-order chi connectivity index (χ1) is 9.51. The molecule has 0 aliphatic heterocycles. The van der Waals surface area contributed by atoms with Crippen molar-refractivity contribution in [1.82, 2.24) is 15.2 Å². The van der Waals surface area contributed by atoms with E-state index in [1.54, 1.807) is 0 Å². The molecule has 0 aliphatic rings. The molecule has 0 unspecified atom stereocenters. The molecule has 0 radical (unpaired) electrons. The fourth-order valence-electron chi connectivity index (χ4n) is 1.59. The number of H-pyrrole nitrogens is 2. The molecule has 20 heavy (non-hydrogen) atoms. The SMILES string of the molecule is COC(=O)c1cc(Cl)cc(Cl)c1NCc1n[nH]c(=O)[nH]1. The first-order valence-electron chi connectivity index (χ1n) is 5.46. The standard InChI is InChI=1S/C11H10Cl2N4O3/c1-20-10(18)6-2-5(12)3-7(13)9(6)14-4-8-15-11(19)17-16-8/h2-3,14H,4H2,1H3,(H2,15,16,17,19). The highest BCUT2D eigenvalue weighted by atomic mass is 35.5. The molecule has 0 saturated heterocycles.